The molecule has 31 heavy (non-hydrogen) atoms. The fourth-order valence-corrected chi connectivity index (χ4v) is 2.73. The van der Waals surface area contributed by atoms with Crippen molar-refractivity contribution in [3.05, 3.63) is 16.7 Å². The number of hydrogen-bond acceptors (Lipinski definition) is 9. The van der Waals surface area contributed by atoms with E-state index in [0.717, 1.165) is 0 Å². The number of imidazole rings is 1. The van der Waals surface area contributed by atoms with Gasteiger partial charge >= 0.3 is 11.9 Å². The maximum absolute atomic E-state index is 12.1. The number of nitrogens with one attached hydrogen (secondary N) is 1. The molecule has 0 amide bonds. The van der Waals surface area contributed by atoms with E-state index in [9.17, 15) is 14.4 Å². The second-order valence-electron chi connectivity index (χ2n) is 7.55. The Hall–Kier alpha value is -2.66. The number of nitrogen functional groups attached to an aromatic ring is 1. The lowest BCUT2D eigenvalue weighted by Crippen LogP contribution is -2.38. The largest absolute Gasteiger partial charge is 0.465 e. The summed E-state index contributed by atoms with van der Waals surface area (Å²) < 4.78 is 12.3. The minimum atomic E-state index is -0.718. The molecular formula is C19H31ClN6O5. The zero-order valence-corrected chi connectivity index (χ0v) is 18.8. The third-order valence-electron chi connectivity index (χ3n) is 4.66. The number of rotatable bonds is 11. The van der Waals surface area contributed by atoms with E-state index in [4.69, 9.17) is 20.9 Å². The molecule has 2 heterocycles. The van der Waals surface area contributed by atoms with Crippen LogP contribution in [0.1, 0.15) is 40.0 Å². The van der Waals surface area contributed by atoms with Crippen LogP contribution in [0.15, 0.2) is 11.1 Å². The van der Waals surface area contributed by atoms with E-state index in [0.29, 0.717) is 31.5 Å². The van der Waals surface area contributed by atoms with Gasteiger partial charge in [0.2, 0.25) is 5.95 Å². The number of H-pyrrole nitrogens is 1. The predicted octanol–water partition coefficient (Wildman–Crippen LogP) is 1.000. The first-order chi connectivity index (χ1) is 14.2. The van der Waals surface area contributed by atoms with Gasteiger partial charge in [-0.25, -0.2) is 4.98 Å². The summed E-state index contributed by atoms with van der Waals surface area (Å²) in [6.45, 7) is 6.13. The highest BCUT2D eigenvalue weighted by molar-refractivity contribution is 5.85. The lowest BCUT2D eigenvalue weighted by Gasteiger charge is -2.20. The number of anilines is 1. The van der Waals surface area contributed by atoms with Crippen molar-refractivity contribution in [3.63, 3.8) is 0 Å². The zero-order valence-electron chi connectivity index (χ0n) is 18.0. The molecule has 12 heteroatoms. The smallest absolute Gasteiger partial charge is 0.323 e. The van der Waals surface area contributed by atoms with Crippen LogP contribution < -0.4 is 17.0 Å². The summed E-state index contributed by atoms with van der Waals surface area (Å²) in [5.74, 6) is -1.11. The normalized spacial score (nSPS) is 12.9. The van der Waals surface area contributed by atoms with Crippen LogP contribution >= 0.6 is 12.4 Å². The molecule has 0 aromatic carbocycles. The molecule has 0 saturated carbocycles. The van der Waals surface area contributed by atoms with Crippen LogP contribution in [-0.4, -0.2) is 50.7 Å². The van der Waals surface area contributed by atoms with E-state index in [1.54, 1.807) is 4.57 Å². The van der Waals surface area contributed by atoms with E-state index < -0.39 is 17.6 Å². The zero-order chi connectivity index (χ0) is 22.3. The second-order valence-corrected chi connectivity index (χ2v) is 7.55. The fourth-order valence-electron chi connectivity index (χ4n) is 2.73. The van der Waals surface area contributed by atoms with Crippen LogP contribution in [0.25, 0.3) is 11.2 Å². The second kappa shape index (κ2) is 12.3. The first-order valence-corrected chi connectivity index (χ1v) is 10.0. The van der Waals surface area contributed by atoms with Crippen molar-refractivity contribution in [3.8, 4) is 0 Å². The van der Waals surface area contributed by atoms with Crippen LogP contribution in [0.5, 0.6) is 0 Å². The van der Waals surface area contributed by atoms with Gasteiger partial charge in [-0.15, -0.1) is 12.4 Å². The van der Waals surface area contributed by atoms with Crippen LogP contribution in [0.2, 0.25) is 0 Å². The molecule has 0 aliphatic rings. The predicted molar refractivity (Wildman–Crippen MR) is 118 cm³/mol. The average molecular weight is 459 g/mol. The van der Waals surface area contributed by atoms with Gasteiger partial charge in [0.25, 0.3) is 5.56 Å². The van der Waals surface area contributed by atoms with Gasteiger partial charge in [0.15, 0.2) is 11.2 Å². The molecule has 0 bridgehead atoms. The highest BCUT2D eigenvalue weighted by Crippen LogP contribution is 2.13. The number of carbonyl (C=O) groups is 2. The minimum absolute atomic E-state index is 0. The van der Waals surface area contributed by atoms with Crippen molar-refractivity contribution in [1.29, 1.82) is 0 Å². The van der Waals surface area contributed by atoms with E-state index in [2.05, 4.69) is 15.0 Å². The van der Waals surface area contributed by atoms with Gasteiger partial charge in [0, 0.05) is 18.9 Å². The third-order valence-corrected chi connectivity index (χ3v) is 4.66. The number of aryl methyl sites for hydroxylation is 1. The van der Waals surface area contributed by atoms with Crippen molar-refractivity contribution in [2.24, 2.45) is 17.6 Å². The molecule has 2 rings (SSSR count). The van der Waals surface area contributed by atoms with E-state index >= 15 is 0 Å². The molecule has 0 aliphatic carbocycles. The fraction of sp³-hybridized carbons (Fsp3) is 0.632. The Morgan fingerprint density at radius 2 is 1.94 bits per heavy atom. The topological polar surface area (TPSA) is 168 Å². The SMILES string of the molecule is CCCC(=O)OCC(CCn1cnc2c(=O)[nH]c(N)nc21)COC(=O)[C@@H](N)C(C)C.Cl. The number of nitrogens with zero attached hydrogens (tertiary/aromatic N) is 3. The van der Waals surface area contributed by atoms with Gasteiger partial charge < -0.3 is 25.5 Å². The minimum Gasteiger partial charge on any atom is -0.465 e. The number of hydrogen-bond donors (Lipinski definition) is 3. The average Bonchev–Trinajstić information content (AvgIpc) is 3.09. The molecule has 2 aromatic heterocycles. The van der Waals surface area contributed by atoms with Crippen molar-refractivity contribution in [1.82, 2.24) is 19.5 Å². The number of nitrogens with two attached hydrogens (primary N) is 2. The van der Waals surface area contributed by atoms with E-state index in [1.165, 1.54) is 6.33 Å². The van der Waals surface area contributed by atoms with Crippen molar-refractivity contribution in [2.75, 3.05) is 18.9 Å². The highest BCUT2D eigenvalue weighted by Gasteiger charge is 2.22. The van der Waals surface area contributed by atoms with Crippen molar-refractivity contribution in [2.45, 2.75) is 52.6 Å². The Labute approximate surface area is 186 Å². The van der Waals surface area contributed by atoms with Gasteiger partial charge in [-0.1, -0.05) is 20.8 Å². The molecule has 0 radical (unpaired) electrons. The number of carbonyl (C=O) groups excluding carboxylic acids is 2. The molecule has 0 fully saturated rings. The van der Waals surface area contributed by atoms with Crippen LogP contribution in [0, 0.1) is 11.8 Å². The molecule has 5 N–H and O–H groups in total. The standard InChI is InChI=1S/C19H30N6O5.ClH/c1-4-5-13(26)29-8-12(9-30-18(28)14(20)11(2)3)6-7-25-10-22-15-16(25)23-19(21)24-17(15)27;/h10-12,14H,4-9,20H2,1-3H3,(H3,21,23,24,27);1H/t12?,14-;/m0./s1. The maximum atomic E-state index is 12.1. The number of aromatic nitrogens is 4. The first-order valence-electron chi connectivity index (χ1n) is 10.0. The molecule has 2 aromatic rings. The maximum Gasteiger partial charge on any atom is 0.323 e. The number of halogens is 1. The quantitative estimate of drug-likeness (QED) is 0.415. The van der Waals surface area contributed by atoms with Gasteiger partial charge in [0.1, 0.15) is 6.04 Å². The summed E-state index contributed by atoms with van der Waals surface area (Å²) >= 11 is 0. The summed E-state index contributed by atoms with van der Waals surface area (Å²) in [6.07, 6.45) is 2.99. The lowest BCUT2D eigenvalue weighted by atomic mass is 10.1. The summed E-state index contributed by atoms with van der Waals surface area (Å²) in [4.78, 5) is 46.3. The summed E-state index contributed by atoms with van der Waals surface area (Å²) in [7, 11) is 0. The number of fused-ring (bicyclic) bond motifs is 1. The molecular weight excluding hydrogens is 428 g/mol. The first kappa shape index (κ1) is 26.4. The monoisotopic (exact) mass is 458 g/mol. The van der Waals surface area contributed by atoms with Gasteiger partial charge in [-0.3, -0.25) is 19.4 Å². The van der Waals surface area contributed by atoms with Gasteiger partial charge in [-0.05, 0) is 18.8 Å². The Balaban J connectivity index is 0.00000480. The number of aromatic amines is 1. The van der Waals surface area contributed by atoms with E-state index in [-0.39, 0.29) is 54.9 Å². The van der Waals surface area contributed by atoms with E-state index in [1.807, 2.05) is 20.8 Å². The summed E-state index contributed by atoms with van der Waals surface area (Å²) in [6, 6.07) is -0.718. The van der Waals surface area contributed by atoms with Crippen molar-refractivity contribution >= 4 is 41.5 Å². The van der Waals surface area contributed by atoms with Crippen LogP contribution in [0.3, 0.4) is 0 Å². The summed E-state index contributed by atoms with van der Waals surface area (Å²) in [5, 5.41) is 0. The summed E-state index contributed by atoms with van der Waals surface area (Å²) in [5.41, 5.74) is 11.6. The van der Waals surface area contributed by atoms with Crippen LogP contribution in [-0.2, 0) is 25.6 Å². The molecule has 0 spiro atoms. The molecule has 174 valence electrons. The molecule has 11 nitrogen and oxygen atoms in total. The third kappa shape index (κ3) is 7.51. The van der Waals surface area contributed by atoms with Crippen molar-refractivity contribution < 1.29 is 19.1 Å². The number of ether oxygens (including phenoxy) is 2. The van der Waals surface area contributed by atoms with Crippen LogP contribution in [0.4, 0.5) is 5.95 Å². The number of esters is 2. The lowest BCUT2D eigenvalue weighted by molar-refractivity contribution is -0.150. The Morgan fingerprint density at radius 3 is 2.58 bits per heavy atom. The molecule has 1 unspecified atom stereocenters. The van der Waals surface area contributed by atoms with Gasteiger partial charge in [-0.2, -0.15) is 4.98 Å². The Morgan fingerprint density at radius 1 is 1.26 bits per heavy atom. The Kier molecular flexibility index (Phi) is 10.4. The molecule has 0 aliphatic heterocycles. The Bertz CT molecular complexity index is 928. The van der Waals surface area contributed by atoms with Gasteiger partial charge in [0.05, 0.1) is 19.5 Å². The highest BCUT2D eigenvalue weighted by atomic mass is 35.5. The molecule has 2 atom stereocenters. The molecule has 0 saturated heterocycles.